The molecule has 0 saturated heterocycles. The van der Waals surface area contributed by atoms with E-state index in [2.05, 4.69) is 20.2 Å². The van der Waals surface area contributed by atoms with Crippen LogP contribution >= 0.6 is 0 Å². The van der Waals surface area contributed by atoms with Crippen LogP contribution < -0.4 is 10.2 Å². The molecule has 1 N–H and O–H groups in total. The summed E-state index contributed by atoms with van der Waals surface area (Å²) in [6, 6.07) is 3.88. The van der Waals surface area contributed by atoms with Crippen LogP contribution in [0, 0.1) is 6.92 Å². The Morgan fingerprint density at radius 2 is 2.22 bits per heavy atom. The number of rotatable bonds is 5. The minimum atomic E-state index is 0.658. The normalized spacial score (nSPS) is 10.4. The molecule has 0 spiro atoms. The number of anilines is 2. The summed E-state index contributed by atoms with van der Waals surface area (Å²) in [4.78, 5) is 10.7. The fraction of sp³-hybridized carbons (Fsp3) is 0.385. The van der Waals surface area contributed by atoms with Crippen molar-refractivity contribution in [2.75, 3.05) is 23.8 Å². The molecule has 0 amide bonds. The van der Waals surface area contributed by atoms with Gasteiger partial charge in [-0.1, -0.05) is 0 Å². The van der Waals surface area contributed by atoms with E-state index in [1.54, 1.807) is 12.5 Å². The molecule has 0 aliphatic heterocycles. The summed E-state index contributed by atoms with van der Waals surface area (Å²) >= 11 is 0. The van der Waals surface area contributed by atoms with Gasteiger partial charge in [0.05, 0.1) is 6.26 Å². The summed E-state index contributed by atoms with van der Waals surface area (Å²) in [5, 5.41) is 3.11. The number of aromatic nitrogens is 2. The molecule has 0 fully saturated rings. The van der Waals surface area contributed by atoms with Crippen molar-refractivity contribution in [1.82, 2.24) is 9.97 Å². The predicted octanol–water partition coefficient (Wildman–Crippen LogP) is 2.45. The minimum Gasteiger partial charge on any atom is -0.469 e. The van der Waals surface area contributed by atoms with Gasteiger partial charge in [-0.25, -0.2) is 4.98 Å². The zero-order chi connectivity index (χ0) is 13.0. The third kappa shape index (κ3) is 2.80. The molecule has 18 heavy (non-hydrogen) atoms. The number of nitrogens with one attached hydrogen (secondary N) is 1. The summed E-state index contributed by atoms with van der Waals surface area (Å²) < 4.78 is 5.29. The topological polar surface area (TPSA) is 54.2 Å². The zero-order valence-corrected chi connectivity index (χ0v) is 11.0. The van der Waals surface area contributed by atoms with Crippen LogP contribution in [-0.4, -0.2) is 23.6 Å². The van der Waals surface area contributed by atoms with Gasteiger partial charge >= 0.3 is 0 Å². The van der Waals surface area contributed by atoms with Crippen molar-refractivity contribution in [2.24, 2.45) is 0 Å². The average Bonchev–Trinajstić information content (AvgIpc) is 2.76. The van der Waals surface area contributed by atoms with E-state index in [9.17, 15) is 0 Å². The van der Waals surface area contributed by atoms with Crippen molar-refractivity contribution in [3.8, 4) is 0 Å². The van der Waals surface area contributed by atoms with Gasteiger partial charge < -0.3 is 14.6 Å². The first-order valence-corrected chi connectivity index (χ1v) is 6.01. The molecule has 0 unspecified atom stereocenters. The molecule has 0 aliphatic carbocycles. The van der Waals surface area contributed by atoms with E-state index in [4.69, 9.17) is 4.42 Å². The van der Waals surface area contributed by atoms with Crippen LogP contribution in [0.5, 0.6) is 0 Å². The molecule has 5 heteroatoms. The van der Waals surface area contributed by atoms with Crippen molar-refractivity contribution in [1.29, 1.82) is 0 Å². The van der Waals surface area contributed by atoms with E-state index in [-0.39, 0.29) is 0 Å². The van der Waals surface area contributed by atoms with Crippen molar-refractivity contribution >= 4 is 11.8 Å². The fourth-order valence-electron chi connectivity index (χ4n) is 1.72. The number of aryl methyl sites for hydroxylation is 1. The third-order valence-electron chi connectivity index (χ3n) is 2.74. The lowest BCUT2D eigenvalue weighted by molar-refractivity contribution is 0.529. The van der Waals surface area contributed by atoms with Crippen LogP contribution in [0.15, 0.2) is 29.0 Å². The quantitative estimate of drug-likeness (QED) is 0.878. The minimum absolute atomic E-state index is 0.658. The molecule has 0 radical (unpaired) electrons. The van der Waals surface area contributed by atoms with E-state index in [0.29, 0.717) is 5.95 Å². The van der Waals surface area contributed by atoms with Gasteiger partial charge in [0.2, 0.25) is 5.95 Å². The summed E-state index contributed by atoms with van der Waals surface area (Å²) in [6.07, 6.45) is 3.47. The Kier molecular flexibility index (Phi) is 3.82. The highest BCUT2D eigenvalue weighted by Gasteiger charge is 2.08. The predicted molar refractivity (Wildman–Crippen MR) is 71.7 cm³/mol. The molecule has 0 atom stereocenters. The molecule has 2 rings (SSSR count). The van der Waals surface area contributed by atoms with E-state index in [1.807, 2.05) is 33.0 Å². The van der Waals surface area contributed by atoms with Gasteiger partial charge in [0.25, 0.3) is 0 Å². The van der Waals surface area contributed by atoms with Gasteiger partial charge in [0.1, 0.15) is 11.6 Å². The lowest BCUT2D eigenvalue weighted by atomic mass is 10.2. The van der Waals surface area contributed by atoms with Gasteiger partial charge in [-0.05, 0) is 26.0 Å². The first kappa shape index (κ1) is 12.4. The van der Waals surface area contributed by atoms with Gasteiger partial charge in [-0.3, -0.25) is 0 Å². The fourth-order valence-corrected chi connectivity index (χ4v) is 1.72. The Morgan fingerprint density at radius 1 is 1.39 bits per heavy atom. The summed E-state index contributed by atoms with van der Waals surface area (Å²) in [7, 11) is 2.00. The summed E-state index contributed by atoms with van der Waals surface area (Å²) in [6.45, 7) is 5.57. The van der Waals surface area contributed by atoms with Gasteiger partial charge in [-0.2, -0.15) is 4.98 Å². The van der Waals surface area contributed by atoms with Crippen molar-refractivity contribution < 1.29 is 4.42 Å². The Hall–Kier alpha value is -2.04. The Morgan fingerprint density at radius 3 is 2.89 bits per heavy atom. The maximum absolute atomic E-state index is 5.29. The standard InChI is InChI=1S/C13H18N4O/c1-4-14-13-15-7-5-12(16-13)17(3)9-11-6-8-18-10(11)2/h5-8H,4,9H2,1-3H3,(H,14,15,16). The first-order valence-electron chi connectivity index (χ1n) is 6.01. The number of hydrogen-bond donors (Lipinski definition) is 1. The third-order valence-corrected chi connectivity index (χ3v) is 2.74. The SMILES string of the molecule is CCNc1nccc(N(C)Cc2ccoc2C)n1. The van der Waals surface area contributed by atoms with Crippen molar-refractivity contribution in [2.45, 2.75) is 20.4 Å². The molecule has 0 bridgehead atoms. The second-order valence-electron chi connectivity index (χ2n) is 4.13. The van der Waals surface area contributed by atoms with E-state index in [0.717, 1.165) is 24.7 Å². The highest BCUT2D eigenvalue weighted by atomic mass is 16.3. The highest BCUT2D eigenvalue weighted by molar-refractivity contribution is 5.42. The number of nitrogens with zero attached hydrogens (tertiary/aromatic N) is 3. The molecule has 0 saturated carbocycles. The van der Waals surface area contributed by atoms with E-state index in [1.165, 1.54) is 5.56 Å². The average molecular weight is 246 g/mol. The van der Waals surface area contributed by atoms with Crippen LogP contribution in [0.1, 0.15) is 18.2 Å². The van der Waals surface area contributed by atoms with Crippen molar-refractivity contribution in [3.05, 3.63) is 35.9 Å². The molecule has 0 aliphatic rings. The molecule has 2 aromatic rings. The smallest absolute Gasteiger partial charge is 0.224 e. The zero-order valence-electron chi connectivity index (χ0n) is 11.0. The van der Waals surface area contributed by atoms with Crippen LogP contribution in [0.4, 0.5) is 11.8 Å². The van der Waals surface area contributed by atoms with Crippen LogP contribution in [0.25, 0.3) is 0 Å². The maximum Gasteiger partial charge on any atom is 0.224 e. The van der Waals surface area contributed by atoms with Crippen LogP contribution in [0.2, 0.25) is 0 Å². The molecule has 2 aromatic heterocycles. The summed E-state index contributed by atoms with van der Waals surface area (Å²) in [5.74, 6) is 2.50. The molecular formula is C13H18N4O. The first-order chi connectivity index (χ1) is 8.70. The second kappa shape index (κ2) is 5.53. The van der Waals surface area contributed by atoms with Gasteiger partial charge in [0.15, 0.2) is 0 Å². The molecule has 2 heterocycles. The molecule has 96 valence electrons. The maximum atomic E-state index is 5.29. The Bertz CT molecular complexity index is 509. The lowest BCUT2D eigenvalue weighted by Gasteiger charge is -2.18. The van der Waals surface area contributed by atoms with E-state index >= 15 is 0 Å². The van der Waals surface area contributed by atoms with E-state index < -0.39 is 0 Å². The Balaban J connectivity index is 2.11. The van der Waals surface area contributed by atoms with Crippen molar-refractivity contribution in [3.63, 3.8) is 0 Å². The second-order valence-corrected chi connectivity index (χ2v) is 4.13. The number of furan rings is 1. The molecule has 5 nitrogen and oxygen atoms in total. The largest absolute Gasteiger partial charge is 0.469 e. The van der Waals surface area contributed by atoms with Crippen LogP contribution in [0.3, 0.4) is 0 Å². The Labute approximate surface area is 107 Å². The summed E-state index contributed by atoms with van der Waals surface area (Å²) in [5.41, 5.74) is 1.17. The molecular weight excluding hydrogens is 228 g/mol. The highest BCUT2D eigenvalue weighted by Crippen LogP contribution is 2.16. The van der Waals surface area contributed by atoms with Gasteiger partial charge in [0, 0.05) is 31.9 Å². The lowest BCUT2D eigenvalue weighted by Crippen LogP contribution is -2.18. The monoisotopic (exact) mass is 246 g/mol. The number of hydrogen-bond acceptors (Lipinski definition) is 5. The van der Waals surface area contributed by atoms with Crippen LogP contribution in [-0.2, 0) is 6.54 Å². The van der Waals surface area contributed by atoms with Gasteiger partial charge in [-0.15, -0.1) is 0 Å². The molecule has 0 aromatic carbocycles.